The van der Waals surface area contributed by atoms with Crippen molar-refractivity contribution >= 4 is 5.91 Å². The minimum absolute atomic E-state index is 0.416. The van der Waals surface area contributed by atoms with E-state index in [4.69, 9.17) is 10.3 Å². The molecule has 184 valence electrons. The van der Waals surface area contributed by atoms with Crippen LogP contribution in [0.4, 0.5) is 0 Å². The van der Waals surface area contributed by atoms with Gasteiger partial charge in [-0.3, -0.25) is 4.79 Å². The van der Waals surface area contributed by atoms with E-state index in [-0.39, 0.29) is 0 Å². The molecule has 0 spiro atoms. The molecule has 0 radical (unpaired) electrons. The maximum absolute atomic E-state index is 11.3. The van der Waals surface area contributed by atoms with Gasteiger partial charge in [0, 0.05) is 23.5 Å². The number of primary amides is 1. The van der Waals surface area contributed by atoms with Gasteiger partial charge in [0.15, 0.2) is 0 Å². The Morgan fingerprint density at radius 2 is 1.53 bits per heavy atom. The highest BCUT2D eigenvalue weighted by Gasteiger charge is 2.23. The summed E-state index contributed by atoms with van der Waals surface area (Å²) in [6.07, 6.45) is 4.18. The number of carbonyl (C=O) groups is 1. The quantitative estimate of drug-likeness (QED) is 0.351. The van der Waals surface area contributed by atoms with Crippen molar-refractivity contribution in [1.82, 2.24) is 15.0 Å². The van der Waals surface area contributed by atoms with Gasteiger partial charge in [0.2, 0.25) is 17.6 Å². The minimum atomic E-state index is -0.447. The molecule has 1 aromatic heterocycles. The molecule has 2 N–H and O–H groups in total. The number of hydrogen-bond donors (Lipinski definition) is 1. The molecular formula is C30H32N4O2. The standard InChI is InChI=1S/C30H32N4O2/c31-29(35)25-11-13-26(14-12-25)30-32-28(36-33-30)21-22-15-18-34(19-16-22)20-17-27(23-7-3-1-4-8-23)24-9-5-2-6-10-24/h1-14,22,27H,15-21H2,(H2,31,35). The zero-order valence-electron chi connectivity index (χ0n) is 20.4. The summed E-state index contributed by atoms with van der Waals surface area (Å²) in [6, 6.07) is 28.7. The molecule has 6 heteroatoms. The molecule has 1 fully saturated rings. The first-order valence-electron chi connectivity index (χ1n) is 12.7. The summed E-state index contributed by atoms with van der Waals surface area (Å²) in [4.78, 5) is 18.5. The Hall–Kier alpha value is -3.77. The molecule has 0 saturated carbocycles. The number of hydrogen-bond acceptors (Lipinski definition) is 5. The monoisotopic (exact) mass is 480 g/mol. The predicted molar refractivity (Wildman–Crippen MR) is 140 cm³/mol. The average Bonchev–Trinajstić information content (AvgIpc) is 3.39. The Balaban J connectivity index is 1.13. The fourth-order valence-electron chi connectivity index (χ4n) is 5.11. The van der Waals surface area contributed by atoms with Crippen molar-refractivity contribution in [3.63, 3.8) is 0 Å². The third kappa shape index (κ3) is 5.89. The summed E-state index contributed by atoms with van der Waals surface area (Å²) in [5.41, 5.74) is 9.37. The molecule has 3 aromatic carbocycles. The molecule has 1 amide bonds. The largest absolute Gasteiger partial charge is 0.366 e. The number of amides is 1. The van der Waals surface area contributed by atoms with E-state index in [0.29, 0.717) is 29.1 Å². The van der Waals surface area contributed by atoms with E-state index in [1.807, 2.05) is 0 Å². The molecule has 1 aliphatic rings. The van der Waals surface area contributed by atoms with Crippen LogP contribution in [0.15, 0.2) is 89.5 Å². The maximum atomic E-state index is 11.3. The lowest BCUT2D eigenvalue weighted by Crippen LogP contribution is -2.35. The van der Waals surface area contributed by atoms with Gasteiger partial charge in [-0.2, -0.15) is 4.98 Å². The van der Waals surface area contributed by atoms with E-state index in [1.54, 1.807) is 24.3 Å². The molecular weight excluding hydrogens is 448 g/mol. The SMILES string of the molecule is NC(=O)c1ccc(-c2noc(CC3CCN(CCC(c4ccccc4)c4ccccc4)CC3)n2)cc1. The highest BCUT2D eigenvalue weighted by Crippen LogP contribution is 2.29. The van der Waals surface area contributed by atoms with Crippen LogP contribution in [0.1, 0.15) is 52.6 Å². The molecule has 0 atom stereocenters. The van der Waals surface area contributed by atoms with Crippen molar-refractivity contribution in [2.45, 2.75) is 31.6 Å². The lowest BCUT2D eigenvalue weighted by Gasteiger charge is -2.32. The van der Waals surface area contributed by atoms with E-state index in [0.717, 1.165) is 50.9 Å². The first-order chi connectivity index (χ1) is 17.7. The Morgan fingerprint density at radius 3 is 2.11 bits per heavy atom. The number of carbonyl (C=O) groups excluding carboxylic acids is 1. The smallest absolute Gasteiger partial charge is 0.248 e. The van der Waals surface area contributed by atoms with E-state index >= 15 is 0 Å². The summed E-state index contributed by atoms with van der Waals surface area (Å²) in [7, 11) is 0. The Kier molecular flexibility index (Phi) is 7.52. The molecule has 4 aromatic rings. The zero-order valence-corrected chi connectivity index (χ0v) is 20.4. The first kappa shape index (κ1) is 23.9. The molecule has 5 rings (SSSR count). The summed E-state index contributed by atoms with van der Waals surface area (Å²) in [6.45, 7) is 3.28. The van der Waals surface area contributed by atoms with Gasteiger partial charge in [0.25, 0.3) is 0 Å². The first-order valence-corrected chi connectivity index (χ1v) is 12.7. The van der Waals surface area contributed by atoms with Crippen molar-refractivity contribution in [2.75, 3.05) is 19.6 Å². The van der Waals surface area contributed by atoms with Crippen LogP contribution in [0.25, 0.3) is 11.4 Å². The number of rotatable bonds is 9. The molecule has 6 nitrogen and oxygen atoms in total. The Morgan fingerprint density at radius 1 is 0.917 bits per heavy atom. The molecule has 2 heterocycles. The van der Waals surface area contributed by atoms with Gasteiger partial charge >= 0.3 is 0 Å². The van der Waals surface area contributed by atoms with Crippen LogP contribution in [-0.2, 0) is 6.42 Å². The number of benzene rings is 3. The van der Waals surface area contributed by atoms with E-state index in [1.165, 1.54) is 11.1 Å². The van der Waals surface area contributed by atoms with Gasteiger partial charge in [-0.05, 0) is 68.1 Å². The average molecular weight is 481 g/mol. The van der Waals surface area contributed by atoms with Crippen LogP contribution < -0.4 is 5.73 Å². The highest BCUT2D eigenvalue weighted by atomic mass is 16.5. The van der Waals surface area contributed by atoms with Gasteiger partial charge in [0.1, 0.15) is 0 Å². The number of nitrogens with zero attached hydrogens (tertiary/aromatic N) is 3. The van der Waals surface area contributed by atoms with Crippen LogP contribution in [0, 0.1) is 5.92 Å². The van der Waals surface area contributed by atoms with Crippen LogP contribution in [0.5, 0.6) is 0 Å². The van der Waals surface area contributed by atoms with E-state index < -0.39 is 5.91 Å². The van der Waals surface area contributed by atoms with Crippen molar-refractivity contribution in [3.8, 4) is 11.4 Å². The predicted octanol–water partition coefficient (Wildman–Crippen LogP) is 5.31. The Bertz CT molecular complexity index is 1210. The number of likely N-dealkylation sites (tertiary alicyclic amines) is 1. The minimum Gasteiger partial charge on any atom is -0.366 e. The fraction of sp³-hybridized carbons (Fsp3) is 0.300. The number of piperidine rings is 1. The van der Waals surface area contributed by atoms with E-state index in [2.05, 4.69) is 75.7 Å². The van der Waals surface area contributed by atoms with Crippen LogP contribution in [0.2, 0.25) is 0 Å². The third-order valence-corrected chi connectivity index (χ3v) is 7.20. The summed E-state index contributed by atoms with van der Waals surface area (Å²) >= 11 is 0. The zero-order chi connectivity index (χ0) is 24.7. The second-order valence-electron chi connectivity index (χ2n) is 9.61. The molecule has 0 unspecified atom stereocenters. The van der Waals surface area contributed by atoms with Gasteiger partial charge in [-0.25, -0.2) is 0 Å². The lowest BCUT2D eigenvalue weighted by molar-refractivity contribution is 0.100. The van der Waals surface area contributed by atoms with Gasteiger partial charge in [0.05, 0.1) is 0 Å². The van der Waals surface area contributed by atoms with Crippen molar-refractivity contribution < 1.29 is 9.32 Å². The fourth-order valence-corrected chi connectivity index (χ4v) is 5.11. The van der Waals surface area contributed by atoms with Crippen LogP contribution >= 0.6 is 0 Å². The molecule has 1 saturated heterocycles. The number of nitrogens with two attached hydrogens (primary N) is 1. The molecule has 1 aliphatic heterocycles. The number of aromatic nitrogens is 2. The van der Waals surface area contributed by atoms with Gasteiger partial charge < -0.3 is 15.2 Å². The summed E-state index contributed by atoms with van der Waals surface area (Å²) < 4.78 is 5.54. The second kappa shape index (κ2) is 11.3. The van der Waals surface area contributed by atoms with Crippen LogP contribution in [0.3, 0.4) is 0 Å². The highest BCUT2D eigenvalue weighted by molar-refractivity contribution is 5.93. The van der Waals surface area contributed by atoms with Crippen molar-refractivity contribution in [1.29, 1.82) is 0 Å². The second-order valence-corrected chi connectivity index (χ2v) is 9.61. The molecule has 36 heavy (non-hydrogen) atoms. The molecule has 0 aliphatic carbocycles. The van der Waals surface area contributed by atoms with Crippen molar-refractivity contribution in [2.24, 2.45) is 11.7 Å². The van der Waals surface area contributed by atoms with E-state index in [9.17, 15) is 4.79 Å². The van der Waals surface area contributed by atoms with Gasteiger partial charge in [-0.1, -0.05) is 78.0 Å². The van der Waals surface area contributed by atoms with Crippen LogP contribution in [-0.4, -0.2) is 40.6 Å². The summed E-state index contributed by atoms with van der Waals surface area (Å²) in [5.74, 6) is 1.74. The lowest BCUT2D eigenvalue weighted by atomic mass is 9.87. The summed E-state index contributed by atoms with van der Waals surface area (Å²) in [5, 5.41) is 4.14. The third-order valence-electron chi connectivity index (χ3n) is 7.20. The normalized spacial score (nSPS) is 14.8. The Labute approximate surface area is 212 Å². The van der Waals surface area contributed by atoms with Gasteiger partial charge in [-0.15, -0.1) is 0 Å². The maximum Gasteiger partial charge on any atom is 0.248 e. The van der Waals surface area contributed by atoms with Crippen molar-refractivity contribution in [3.05, 3.63) is 108 Å². The topological polar surface area (TPSA) is 85.2 Å². The molecule has 0 bridgehead atoms.